The zero-order valence-electron chi connectivity index (χ0n) is 14.6. The van der Waals surface area contributed by atoms with Gasteiger partial charge in [-0.1, -0.05) is 23.7 Å². The summed E-state index contributed by atoms with van der Waals surface area (Å²) < 4.78 is 16.0. The van der Waals surface area contributed by atoms with Gasteiger partial charge in [0.25, 0.3) is 5.91 Å². The lowest BCUT2D eigenvalue weighted by atomic mass is 10.2. The van der Waals surface area contributed by atoms with Crippen molar-refractivity contribution in [3.05, 3.63) is 53.1 Å². The number of nitrogens with one attached hydrogen (secondary N) is 1. The number of anilines is 1. The third-order valence-corrected chi connectivity index (χ3v) is 3.58. The summed E-state index contributed by atoms with van der Waals surface area (Å²) in [5.41, 5.74) is 0.720. The van der Waals surface area contributed by atoms with Crippen LogP contribution in [0.3, 0.4) is 0 Å². The van der Waals surface area contributed by atoms with Crippen LogP contribution in [0.1, 0.15) is 24.2 Å². The molecule has 26 heavy (non-hydrogen) atoms. The first-order valence-corrected chi connectivity index (χ1v) is 8.54. The quantitative estimate of drug-likeness (QED) is 0.705. The van der Waals surface area contributed by atoms with Crippen LogP contribution >= 0.6 is 11.6 Å². The van der Waals surface area contributed by atoms with Crippen LogP contribution in [0.2, 0.25) is 5.02 Å². The average molecular weight is 378 g/mol. The van der Waals surface area contributed by atoms with E-state index in [1.165, 1.54) is 6.07 Å². The Kier molecular flexibility index (Phi) is 7.29. The zero-order valence-corrected chi connectivity index (χ0v) is 15.3. The Morgan fingerprint density at radius 1 is 1.00 bits per heavy atom. The monoisotopic (exact) mass is 377 g/mol. The van der Waals surface area contributed by atoms with Gasteiger partial charge in [0, 0.05) is 11.8 Å². The molecule has 0 bridgehead atoms. The molecule has 0 heterocycles. The van der Waals surface area contributed by atoms with E-state index in [2.05, 4.69) is 5.32 Å². The molecule has 0 unspecified atom stereocenters. The third-order valence-electron chi connectivity index (χ3n) is 3.26. The molecule has 2 rings (SSSR count). The maximum absolute atomic E-state index is 12.0. The van der Waals surface area contributed by atoms with Crippen LogP contribution in [0, 0.1) is 0 Å². The first kappa shape index (κ1) is 19.6. The highest BCUT2D eigenvalue weighted by molar-refractivity contribution is 6.33. The smallest absolute Gasteiger partial charge is 0.340 e. The molecular formula is C19H20ClNO5. The Hall–Kier alpha value is -2.73. The van der Waals surface area contributed by atoms with Gasteiger partial charge in [-0.2, -0.15) is 0 Å². The molecule has 0 aliphatic carbocycles. The van der Waals surface area contributed by atoms with E-state index in [1.54, 1.807) is 36.4 Å². The Balaban J connectivity index is 1.96. The molecule has 0 aliphatic heterocycles. The summed E-state index contributed by atoms with van der Waals surface area (Å²) in [6.07, 6.45) is 0. The Labute approximate surface area is 157 Å². The van der Waals surface area contributed by atoms with Gasteiger partial charge in [0.1, 0.15) is 0 Å². The molecule has 0 saturated heterocycles. The molecule has 1 N–H and O–H groups in total. The molecule has 0 aliphatic rings. The fourth-order valence-electron chi connectivity index (χ4n) is 2.16. The summed E-state index contributed by atoms with van der Waals surface area (Å²) in [4.78, 5) is 24.0. The van der Waals surface area contributed by atoms with Crippen molar-refractivity contribution in [1.82, 2.24) is 0 Å². The predicted molar refractivity (Wildman–Crippen MR) is 99.1 cm³/mol. The van der Waals surface area contributed by atoms with Gasteiger partial charge in [-0.3, -0.25) is 4.79 Å². The van der Waals surface area contributed by atoms with Crippen LogP contribution in [0.4, 0.5) is 5.69 Å². The number of hydrogen-bond acceptors (Lipinski definition) is 5. The minimum atomic E-state index is -0.660. The number of benzene rings is 2. The second-order valence-electron chi connectivity index (χ2n) is 5.13. The van der Waals surface area contributed by atoms with Crippen molar-refractivity contribution in [3.63, 3.8) is 0 Å². The molecule has 2 aromatic rings. The zero-order chi connectivity index (χ0) is 18.9. The van der Waals surface area contributed by atoms with Crippen molar-refractivity contribution in [1.29, 1.82) is 0 Å². The number of amides is 1. The fourth-order valence-corrected chi connectivity index (χ4v) is 2.37. The van der Waals surface area contributed by atoms with Gasteiger partial charge in [0.15, 0.2) is 18.1 Å². The minimum Gasteiger partial charge on any atom is -0.490 e. The van der Waals surface area contributed by atoms with Gasteiger partial charge in [0.05, 0.1) is 23.8 Å². The minimum absolute atomic E-state index is 0.210. The summed E-state index contributed by atoms with van der Waals surface area (Å²) >= 11 is 5.92. The van der Waals surface area contributed by atoms with Crippen LogP contribution in [0.25, 0.3) is 0 Å². The number of carbonyl (C=O) groups excluding carboxylic acids is 2. The SMILES string of the molecule is CCOc1ccc(NC(=O)COC(=O)c2ccccc2Cl)cc1OCC. The molecule has 0 aromatic heterocycles. The largest absolute Gasteiger partial charge is 0.490 e. The third kappa shape index (κ3) is 5.39. The summed E-state index contributed by atoms with van der Waals surface area (Å²) in [7, 11) is 0. The van der Waals surface area contributed by atoms with Crippen molar-refractivity contribution in [3.8, 4) is 11.5 Å². The Morgan fingerprint density at radius 3 is 2.38 bits per heavy atom. The Morgan fingerprint density at radius 2 is 1.69 bits per heavy atom. The molecule has 2 aromatic carbocycles. The lowest BCUT2D eigenvalue weighted by Gasteiger charge is -2.13. The Bertz CT molecular complexity index is 778. The van der Waals surface area contributed by atoms with Crippen molar-refractivity contribution in [2.45, 2.75) is 13.8 Å². The molecule has 0 radical (unpaired) electrons. The number of esters is 1. The summed E-state index contributed by atoms with van der Waals surface area (Å²) in [6.45, 7) is 4.27. The maximum Gasteiger partial charge on any atom is 0.340 e. The summed E-state index contributed by atoms with van der Waals surface area (Å²) in [5, 5.41) is 2.92. The lowest BCUT2D eigenvalue weighted by molar-refractivity contribution is -0.119. The fraction of sp³-hybridized carbons (Fsp3) is 0.263. The van der Waals surface area contributed by atoms with Crippen LogP contribution in [-0.2, 0) is 9.53 Å². The van der Waals surface area contributed by atoms with Crippen LogP contribution in [0.5, 0.6) is 11.5 Å². The average Bonchev–Trinajstić information content (AvgIpc) is 2.62. The molecule has 7 heteroatoms. The second kappa shape index (κ2) is 9.68. The number of hydrogen-bond donors (Lipinski definition) is 1. The van der Waals surface area contributed by atoms with E-state index in [4.69, 9.17) is 25.8 Å². The number of rotatable bonds is 8. The van der Waals surface area contributed by atoms with Crippen molar-refractivity contribution < 1.29 is 23.8 Å². The van der Waals surface area contributed by atoms with E-state index < -0.39 is 18.5 Å². The summed E-state index contributed by atoms with van der Waals surface area (Å²) in [5.74, 6) is -0.0119. The van der Waals surface area contributed by atoms with E-state index >= 15 is 0 Å². The summed E-state index contributed by atoms with van der Waals surface area (Å²) in [6, 6.07) is 11.5. The second-order valence-corrected chi connectivity index (χ2v) is 5.54. The molecule has 138 valence electrons. The predicted octanol–water partition coefficient (Wildman–Crippen LogP) is 3.93. The standard InChI is InChI=1S/C19H20ClNO5/c1-3-24-16-10-9-13(11-17(16)25-4-2)21-18(22)12-26-19(23)14-7-5-6-8-15(14)20/h5-11H,3-4,12H2,1-2H3,(H,21,22). The van der Waals surface area contributed by atoms with E-state index in [0.717, 1.165) is 0 Å². The van der Waals surface area contributed by atoms with Gasteiger partial charge >= 0.3 is 5.97 Å². The highest BCUT2D eigenvalue weighted by atomic mass is 35.5. The number of halogens is 1. The van der Waals surface area contributed by atoms with E-state index in [1.807, 2.05) is 13.8 Å². The first-order chi connectivity index (χ1) is 12.5. The van der Waals surface area contributed by atoms with Crippen LogP contribution in [0.15, 0.2) is 42.5 Å². The molecule has 0 fully saturated rings. The van der Waals surface area contributed by atoms with Crippen molar-refractivity contribution in [2.24, 2.45) is 0 Å². The van der Waals surface area contributed by atoms with Gasteiger partial charge in [-0.05, 0) is 38.1 Å². The van der Waals surface area contributed by atoms with E-state index in [9.17, 15) is 9.59 Å². The molecule has 0 spiro atoms. The van der Waals surface area contributed by atoms with Crippen molar-refractivity contribution >= 4 is 29.2 Å². The molecule has 0 atom stereocenters. The molecule has 0 saturated carbocycles. The van der Waals surface area contributed by atoms with E-state index in [-0.39, 0.29) is 10.6 Å². The van der Waals surface area contributed by atoms with Gasteiger partial charge in [0.2, 0.25) is 0 Å². The number of ether oxygens (including phenoxy) is 3. The molecule has 1 amide bonds. The van der Waals surface area contributed by atoms with Gasteiger partial charge in [-0.15, -0.1) is 0 Å². The lowest BCUT2D eigenvalue weighted by Crippen LogP contribution is -2.21. The number of carbonyl (C=O) groups is 2. The first-order valence-electron chi connectivity index (χ1n) is 8.16. The van der Waals surface area contributed by atoms with Crippen LogP contribution in [-0.4, -0.2) is 31.7 Å². The van der Waals surface area contributed by atoms with Crippen LogP contribution < -0.4 is 14.8 Å². The molecular weight excluding hydrogens is 358 g/mol. The molecule has 6 nitrogen and oxygen atoms in total. The van der Waals surface area contributed by atoms with E-state index in [0.29, 0.717) is 30.4 Å². The van der Waals surface area contributed by atoms with Gasteiger partial charge < -0.3 is 19.5 Å². The van der Waals surface area contributed by atoms with Crippen molar-refractivity contribution in [2.75, 3.05) is 25.1 Å². The highest BCUT2D eigenvalue weighted by Gasteiger charge is 2.14. The topological polar surface area (TPSA) is 73.9 Å². The highest BCUT2D eigenvalue weighted by Crippen LogP contribution is 2.30. The normalized spacial score (nSPS) is 10.1. The maximum atomic E-state index is 12.0. The van der Waals surface area contributed by atoms with Gasteiger partial charge in [-0.25, -0.2) is 4.79 Å².